The number of hydrogen-bond acceptors (Lipinski definition) is 5. The first-order valence-corrected chi connectivity index (χ1v) is 5.13. The van der Waals surface area contributed by atoms with Gasteiger partial charge in [-0.25, -0.2) is 4.79 Å². The Labute approximate surface area is 100 Å². The summed E-state index contributed by atoms with van der Waals surface area (Å²) >= 11 is 0. The first-order valence-electron chi connectivity index (χ1n) is 5.13. The number of hydrogen-bond donors (Lipinski definition) is 3. The van der Waals surface area contributed by atoms with Crippen molar-refractivity contribution in [1.82, 2.24) is 5.23 Å². The fourth-order valence-electron chi connectivity index (χ4n) is 1.31. The Hall–Kier alpha value is -1.95. The van der Waals surface area contributed by atoms with Gasteiger partial charge < -0.3 is 20.7 Å². The van der Waals surface area contributed by atoms with E-state index in [4.69, 9.17) is 5.73 Å². The van der Waals surface area contributed by atoms with Gasteiger partial charge in [0.15, 0.2) is 0 Å². The Kier molecular flexibility index (Phi) is 4.60. The summed E-state index contributed by atoms with van der Waals surface area (Å²) in [6.45, 7) is 1.51. The lowest BCUT2D eigenvalue weighted by Crippen LogP contribution is -2.33. The van der Waals surface area contributed by atoms with Gasteiger partial charge in [0.1, 0.15) is 5.70 Å². The van der Waals surface area contributed by atoms with Gasteiger partial charge in [0.05, 0.1) is 7.11 Å². The number of anilines is 1. The van der Waals surface area contributed by atoms with Crippen molar-refractivity contribution >= 4 is 24.8 Å². The summed E-state index contributed by atoms with van der Waals surface area (Å²) in [5.74, 6) is -0.548. The van der Waals surface area contributed by atoms with E-state index in [2.05, 4.69) is 9.96 Å². The van der Waals surface area contributed by atoms with E-state index >= 15 is 0 Å². The lowest BCUT2D eigenvalue weighted by Gasteiger charge is -2.09. The number of ether oxygens (including phenoxy) is 1. The number of esters is 1. The van der Waals surface area contributed by atoms with Crippen molar-refractivity contribution in [1.29, 1.82) is 0 Å². The Bertz CT molecular complexity index is 432. The van der Waals surface area contributed by atoms with E-state index in [-0.39, 0.29) is 5.70 Å². The molecule has 0 bridgehead atoms. The van der Waals surface area contributed by atoms with Crippen molar-refractivity contribution in [2.75, 3.05) is 12.8 Å². The zero-order valence-corrected chi connectivity index (χ0v) is 9.81. The standard InChI is InChI=1S/C11H15BN2O3/c1-12(16)14-10(11(15)17-2)7-8-4-3-5-9(13)6-8/h3-7,14,16H,13H2,1-2H3/b10-7-. The molecular formula is C11H15BN2O3. The maximum atomic E-state index is 11.4. The minimum Gasteiger partial charge on any atom is -0.464 e. The summed E-state index contributed by atoms with van der Waals surface area (Å²) < 4.78 is 4.60. The predicted molar refractivity (Wildman–Crippen MR) is 67.8 cm³/mol. The van der Waals surface area contributed by atoms with E-state index in [1.807, 2.05) is 0 Å². The number of benzene rings is 1. The molecule has 17 heavy (non-hydrogen) atoms. The minimum absolute atomic E-state index is 0.174. The topological polar surface area (TPSA) is 84.6 Å². The van der Waals surface area contributed by atoms with Crippen molar-refractivity contribution < 1.29 is 14.6 Å². The molecule has 0 saturated heterocycles. The van der Waals surface area contributed by atoms with Crippen LogP contribution in [0.5, 0.6) is 0 Å². The van der Waals surface area contributed by atoms with Gasteiger partial charge in [-0.2, -0.15) is 0 Å². The molecule has 1 aromatic carbocycles. The molecule has 0 aliphatic carbocycles. The van der Waals surface area contributed by atoms with Gasteiger partial charge in [0, 0.05) is 5.69 Å². The number of rotatable bonds is 4. The zero-order valence-electron chi connectivity index (χ0n) is 9.81. The maximum Gasteiger partial charge on any atom is 0.407 e. The quantitative estimate of drug-likeness (QED) is 0.305. The number of carbonyl (C=O) groups excluding carboxylic acids is 1. The lowest BCUT2D eigenvalue weighted by atomic mass is 9.88. The second-order valence-corrected chi connectivity index (χ2v) is 3.54. The second-order valence-electron chi connectivity index (χ2n) is 3.54. The third-order valence-electron chi connectivity index (χ3n) is 1.99. The summed E-state index contributed by atoms with van der Waals surface area (Å²) in [6.07, 6.45) is 1.56. The summed E-state index contributed by atoms with van der Waals surface area (Å²) in [5.41, 5.74) is 7.15. The normalized spacial score (nSPS) is 10.9. The van der Waals surface area contributed by atoms with Crippen LogP contribution < -0.4 is 11.0 Å². The van der Waals surface area contributed by atoms with E-state index in [0.717, 1.165) is 5.56 Å². The third kappa shape index (κ3) is 4.20. The fraction of sp³-hybridized carbons (Fsp3) is 0.182. The zero-order chi connectivity index (χ0) is 12.8. The molecule has 0 saturated carbocycles. The van der Waals surface area contributed by atoms with Crippen molar-refractivity contribution in [3.63, 3.8) is 0 Å². The maximum absolute atomic E-state index is 11.4. The molecule has 0 heterocycles. The molecule has 0 aliphatic heterocycles. The Morgan fingerprint density at radius 2 is 2.29 bits per heavy atom. The van der Waals surface area contributed by atoms with E-state index in [0.29, 0.717) is 5.69 Å². The summed E-state index contributed by atoms with van der Waals surface area (Å²) in [5, 5.41) is 11.8. The largest absolute Gasteiger partial charge is 0.464 e. The van der Waals surface area contributed by atoms with Crippen LogP contribution in [0.15, 0.2) is 30.0 Å². The van der Waals surface area contributed by atoms with Crippen LogP contribution in [0.3, 0.4) is 0 Å². The molecule has 5 nitrogen and oxygen atoms in total. The highest BCUT2D eigenvalue weighted by molar-refractivity contribution is 6.47. The van der Waals surface area contributed by atoms with Crippen LogP contribution in [0.2, 0.25) is 6.82 Å². The van der Waals surface area contributed by atoms with E-state index in [1.54, 1.807) is 30.3 Å². The second kappa shape index (κ2) is 5.96. The molecule has 0 unspecified atom stereocenters. The highest BCUT2D eigenvalue weighted by Crippen LogP contribution is 2.10. The van der Waals surface area contributed by atoms with Crippen LogP contribution in [0.25, 0.3) is 6.08 Å². The first kappa shape index (κ1) is 13.1. The van der Waals surface area contributed by atoms with Crippen molar-refractivity contribution in [3.05, 3.63) is 35.5 Å². The molecule has 0 atom stereocenters. The molecular weight excluding hydrogens is 219 g/mol. The van der Waals surface area contributed by atoms with Crippen LogP contribution in [0.4, 0.5) is 5.69 Å². The lowest BCUT2D eigenvalue weighted by molar-refractivity contribution is -0.136. The molecule has 0 amide bonds. The molecule has 6 heteroatoms. The molecule has 0 spiro atoms. The van der Waals surface area contributed by atoms with E-state index in [1.165, 1.54) is 13.9 Å². The average molecular weight is 234 g/mol. The molecule has 90 valence electrons. The number of nitrogens with one attached hydrogen (secondary N) is 1. The van der Waals surface area contributed by atoms with Crippen molar-refractivity contribution in [3.8, 4) is 0 Å². The van der Waals surface area contributed by atoms with Gasteiger partial charge in [-0.05, 0) is 30.6 Å². The molecule has 4 N–H and O–H groups in total. The van der Waals surface area contributed by atoms with E-state index in [9.17, 15) is 9.82 Å². The molecule has 1 aromatic rings. The highest BCUT2D eigenvalue weighted by Gasteiger charge is 2.13. The molecule has 0 aromatic heterocycles. The Morgan fingerprint density at radius 3 is 2.82 bits per heavy atom. The van der Waals surface area contributed by atoms with Crippen molar-refractivity contribution in [2.24, 2.45) is 0 Å². The smallest absolute Gasteiger partial charge is 0.407 e. The van der Waals surface area contributed by atoms with Gasteiger partial charge in [0.25, 0.3) is 0 Å². The predicted octanol–water partition coefficient (Wildman–Crippen LogP) is 0.483. The van der Waals surface area contributed by atoms with E-state index < -0.39 is 13.0 Å². The number of carbonyl (C=O) groups is 1. The number of methoxy groups -OCH3 is 1. The Balaban J connectivity index is 3.00. The minimum atomic E-state index is -0.846. The molecule has 1 rings (SSSR count). The van der Waals surface area contributed by atoms with Crippen LogP contribution in [0, 0.1) is 0 Å². The average Bonchev–Trinajstić information content (AvgIpc) is 2.26. The van der Waals surface area contributed by atoms with Gasteiger partial charge in [0.2, 0.25) is 0 Å². The molecule has 0 fully saturated rings. The molecule has 0 aliphatic rings. The first-order chi connectivity index (χ1) is 8.02. The van der Waals surface area contributed by atoms with Crippen molar-refractivity contribution in [2.45, 2.75) is 6.82 Å². The highest BCUT2D eigenvalue weighted by atomic mass is 16.5. The monoisotopic (exact) mass is 234 g/mol. The fourth-order valence-corrected chi connectivity index (χ4v) is 1.31. The van der Waals surface area contributed by atoms with Gasteiger partial charge >= 0.3 is 13.0 Å². The summed E-state index contributed by atoms with van der Waals surface area (Å²) in [6, 6.07) is 7.03. The Morgan fingerprint density at radius 1 is 1.59 bits per heavy atom. The van der Waals surface area contributed by atoms with Crippen LogP contribution in [0.1, 0.15) is 5.56 Å². The van der Waals surface area contributed by atoms with Crippen LogP contribution in [-0.2, 0) is 9.53 Å². The van der Waals surface area contributed by atoms with Crippen LogP contribution in [-0.4, -0.2) is 25.2 Å². The third-order valence-corrected chi connectivity index (χ3v) is 1.99. The van der Waals surface area contributed by atoms with Gasteiger partial charge in [-0.1, -0.05) is 12.1 Å². The molecule has 0 radical (unpaired) electrons. The van der Waals surface area contributed by atoms with Gasteiger partial charge in [-0.3, -0.25) is 0 Å². The summed E-state index contributed by atoms with van der Waals surface area (Å²) in [7, 11) is 0.431. The van der Waals surface area contributed by atoms with Gasteiger partial charge in [-0.15, -0.1) is 0 Å². The van der Waals surface area contributed by atoms with Crippen LogP contribution >= 0.6 is 0 Å². The summed E-state index contributed by atoms with van der Waals surface area (Å²) in [4.78, 5) is 11.4. The number of nitrogen functional groups attached to an aromatic ring is 1. The SMILES string of the molecule is COC(=O)/C(=C/c1cccc(N)c1)NB(C)O. The number of nitrogens with two attached hydrogens (primary N) is 1.